The Morgan fingerprint density at radius 1 is 1.31 bits per heavy atom. The van der Waals surface area contributed by atoms with Gasteiger partial charge in [-0.15, -0.1) is 24.0 Å². The highest BCUT2D eigenvalue weighted by atomic mass is 127. The molecule has 1 unspecified atom stereocenters. The summed E-state index contributed by atoms with van der Waals surface area (Å²) in [5.41, 5.74) is 2.28. The first-order valence-corrected chi connectivity index (χ1v) is 10.2. The van der Waals surface area contributed by atoms with Crippen LogP contribution in [-0.4, -0.2) is 74.0 Å². The summed E-state index contributed by atoms with van der Waals surface area (Å²) in [5.74, 6) is 2.63. The number of halogens is 1. The Morgan fingerprint density at radius 2 is 2.14 bits per heavy atom. The van der Waals surface area contributed by atoms with E-state index < -0.39 is 0 Å². The summed E-state index contributed by atoms with van der Waals surface area (Å²) < 4.78 is 13.0. The minimum absolute atomic E-state index is 0. The molecule has 0 spiro atoms. The lowest BCUT2D eigenvalue weighted by Gasteiger charge is -2.22. The number of aryl methyl sites for hydroxylation is 2. The smallest absolute Gasteiger partial charge is 0.193 e. The highest BCUT2D eigenvalue weighted by Gasteiger charge is 2.24. The highest BCUT2D eigenvalue weighted by molar-refractivity contribution is 14.0. The average Bonchev–Trinajstić information content (AvgIpc) is 3.29. The topological polar surface area (TPSA) is 63.9 Å². The first kappa shape index (κ1) is 23.9. The summed E-state index contributed by atoms with van der Waals surface area (Å²) in [5, 5.41) is 3.52. The Balaban J connectivity index is 0.00000300. The number of hydrogen-bond donors (Lipinski definition) is 1. The fourth-order valence-corrected chi connectivity index (χ4v) is 3.80. The van der Waals surface area contributed by atoms with E-state index in [4.69, 9.17) is 9.47 Å². The van der Waals surface area contributed by atoms with Crippen molar-refractivity contribution in [3.63, 3.8) is 0 Å². The number of likely N-dealkylation sites (tertiary alicyclic amines) is 1. The molecule has 1 aromatic heterocycles. The van der Waals surface area contributed by atoms with Gasteiger partial charge < -0.3 is 24.3 Å². The molecule has 1 aliphatic heterocycles. The van der Waals surface area contributed by atoms with E-state index in [-0.39, 0.29) is 24.0 Å². The molecule has 1 saturated heterocycles. The SMILES string of the molecule is CN=C(NCCCn1c(C)nc2ccccc21)N1CCC(COCCOC)C1.I. The van der Waals surface area contributed by atoms with E-state index in [9.17, 15) is 0 Å². The summed E-state index contributed by atoms with van der Waals surface area (Å²) in [7, 11) is 3.56. The second-order valence-corrected chi connectivity index (χ2v) is 7.30. The number of benzene rings is 1. The van der Waals surface area contributed by atoms with E-state index in [1.165, 1.54) is 5.52 Å². The molecule has 2 aromatic rings. The molecule has 0 aliphatic carbocycles. The van der Waals surface area contributed by atoms with Crippen LogP contribution in [0.2, 0.25) is 0 Å². The molecule has 7 nitrogen and oxygen atoms in total. The number of rotatable bonds is 9. The summed E-state index contributed by atoms with van der Waals surface area (Å²) in [4.78, 5) is 11.4. The van der Waals surface area contributed by atoms with Crippen molar-refractivity contribution in [2.45, 2.75) is 26.3 Å². The van der Waals surface area contributed by atoms with Crippen LogP contribution < -0.4 is 5.32 Å². The molecule has 1 aromatic carbocycles. The molecule has 1 atom stereocenters. The molecule has 0 radical (unpaired) electrons. The minimum Gasteiger partial charge on any atom is -0.382 e. The van der Waals surface area contributed by atoms with Crippen LogP contribution in [0.15, 0.2) is 29.3 Å². The lowest BCUT2D eigenvalue weighted by molar-refractivity contribution is 0.0536. The predicted molar refractivity (Wildman–Crippen MR) is 128 cm³/mol. The van der Waals surface area contributed by atoms with E-state index in [1.54, 1.807) is 7.11 Å². The number of aromatic nitrogens is 2. The van der Waals surface area contributed by atoms with Crippen molar-refractivity contribution >= 4 is 41.0 Å². The zero-order valence-electron chi connectivity index (χ0n) is 17.8. The van der Waals surface area contributed by atoms with Crippen molar-refractivity contribution in [1.29, 1.82) is 0 Å². The van der Waals surface area contributed by atoms with Crippen molar-refractivity contribution < 1.29 is 9.47 Å². The van der Waals surface area contributed by atoms with Gasteiger partial charge in [-0.25, -0.2) is 4.98 Å². The highest BCUT2D eigenvalue weighted by Crippen LogP contribution is 2.17. The molecule has 0 bridgehead atoms. The molecule has 1 aliphatic rings. The van der Waals surface area contributed by atoms with Gasteiger partial charge in [-0.1, -0.05) is 12.1 Å². The predicted octanol–water partition coefficient (Wildman–Crippen LogP) is 2.91. The van der Waals surface area contributed by atoms with Crippen LogP contribution >= 0.6 is 24.0 Å². The van der Waals surface area contributed by atoms with Crippen LogP contribution in [0.1, 0.15) is 18.7 Å². The zero-order chi connectivity index (χ0) is 19.8. The lowest BCUT2D eigenvalue weighted by Crippen LogP contribution is -2.40. The number of nitrogens with one attached hydrogen (secondary N) is 1. The van der Waals surface area contributed by atoms with Gasteiger partial charge in [0, 0.05) is 46.3 Å². The fraction of sp³-hybridized carbons (Fsp3) is 0.619. The maximum atomic E-state index is 5.69. The molecule has 2 heterocycles. The number of methoxy groups -OCH3 is 1. The maximum Gasteiger partial charge on any atom is 0.193 e. The molecular weight excluding hydrogens is 481 g/mol. The minimum atomic E-state index is 0. The third-order valence-corrected chi connectivity index (χ3v) is 5.27. The summed E-state index contributed by atoms with van der Waals surface area (Å²) >= 11 is 0. The Kier molecular flexibility index (Phi) is 10.2. The summed E-state index contributed by atoms with van der Waals surface area (Å²) in [6.07, 6.45) is 2.17. The molecule has 29 heavy (non-hydrogen) atoms. The van der Waals surface area contributed by atoms with Gasteiger partial charge in [0.15, 0.2) is 5.96 Å². The monoisotopic (exact) mass is 515 g/mol. The zero-order valence-corrected chi connectivity index (χ0v) is 20.1. The van der Waals surface area contributed by atoms with Crippen molar-refractivity contribution in [3.8, 4) is 0 Å². The van der Waals surface area contributed by atoms with Crippen molar-refractivity contribution in [2.75, 3.05) is 53.6 Å². The third-order valence-electron chi connectivity index (χ3n) is 5.27. The van der Waals surface area contributed by atoms with Crippen molar-refractivity contribution in [1.82, 2.24) is 19.8 Å². The van der Waals surface area contributed by atoms with Crippen LogP contribution in [0.5, 0.6) is 0 Å². The quantitative estimate of drug-likeness (QED) is 0.241. The molecule has 1 fully saturated rings. The van der Waals surface area contributed by atoms with E-state index >= 15 is 0 Å². The van der Waals surface area contributed by atoms with Gasteiger partial charge in [0.1, 0.15) is 5.82 Å². The number of aliphatic imine (C=N–C) groups is 1. The van der Waals surface area contributed by atoms with Crippen molar-refractivity contribution in [2.24, 2.45) is 10.9 Å². The van der Waals surface area contributed by atoms with Crippen molar-refractivity contribution in [3.05, 3.63) is 30.1 Å². The number of guanidine groups is 1. The average molecular weight is 515 g/mol. The molecule has 8 heteroatoms. The number of imidazole rings is 1. The van der Waals surface area contributed by atoms with E-state index in [0.717, 1.165) is 62.9 Å². The van der Waals surface area contributed by atoms with Crippen LogP contribution in [0.3, 0.4) is 0 Å². The van der Waals surface area contributed by atoms with E-state index in [1.807, 2.05) is 13.1 Å². The third kappa shape index (κ3) is 6.55. The maximum absolute atomic E-state index is 5.69. The summed E-state index contributed by atoms with van der Waals surface area (Å²) in [6, 6.07) is 8.32. The molecule has 1 N–H and O–H groups in total. The number of nitrogens with zero attached hydrogens (tertiary/aromatic N) is 4. The second kappa shape index (κ2) is 12.3. The Labute approximate surface area is 190 Å². The number of ether oxygens (including phenoxy) is 2. The van der Waals surface area contributed by atoms with Gasteiger partial charge in [0.25, 0.3) is 0 Å². The Bertz CT molecular complexity index is 780. The molecule has 0 saturated carbocycles. The lowest BCUT2D eigenvalue weighted by atomic mass is 10.1. The first-order valence-electron chi connectivity index (χ1n) is 10.2. The molecule has 3 rings (SSSR count). The summed E-state index contributed by atoms with van der Waals surface area (Å²) in [6.45, 7) is 8.07. The first-order chi connectivity index (χ1) is 13.7. The number of para-hydroxylation sites is 2. The van der Waals surface area contributed by atoms with Gasteiger partial charge in [0.05, 0.1) is 30.9 Å². The van der Waals surface area contributed by atoms with Crippen LogP contribution in [0, 0.1) is 12.8 Å². The van der Waals surface area contributed by atoms with Gasteiger partial charge in [-0.3, -0.25) is 4.99 Å². The van der Waals surface area contributed by atoms with Gasteiger partial charge in [-0.2, -0.15) is 0 Å². The normalized spacial score (nSPS) is 17.0. The Hall–Kier alpha value is -1.39. The largest absolute Gasteiger partial charge is 0.382 e. The molecule has 162 valence electrons. The van der Waals surface area contributed by atoms with Crippen LogP contribution in [-0.2, 0) is 16.0 Å². The van der Waals surface area contributed by atoms with Crippen LogP contribution in [0.4, 0.5) is 0 Å². The van der Waals surface area contributed by atoms with Gasteiger partial charge in [0.2, 0.25) is 0 Å². The van der Waals surface area contributed by atoms with Gasteiger partial charge >= 0.3 is 0 Å². The Morgan fingerprint density at radius 3 is 2.93 bits per heavy atom. The molecule has 0 amide bonds. The second-order valence-electron chi connectivity index (χ2n) is 7.30. The molecular formula is C21H34IN5O2. The standard InChI is InChI=1S/C21H33N5O2.HI/c1-17-24-19-7-4-5-8-20(19)26(17)11-6-10-23-21(22-2)25-12-9-18(15-25)16-28-14-13-27-3;/h4-5,7-8,18H,6,9-16H2,1-3H3,(H,22,23);1H. The van der Waals surface area contributed by atoms with Crippen LogP contribution in [0.25, 0.3) is 11.0 Å². The fourth-order valence-electron chi connectivity index (χ4n) is 3.80. The van der Waals surface area contributed by atoms with E-state index in [0.29, 0.717) is 19.1 Å². The number of fused-ring (bicyclic) bond motifs is 1. The van der Waals surface area contributed by atoms with E-state index in [2.05, 4.69) is 49.9 Å². The van der Waals surface area contributed by atoms with Gasteiger partial charge in [-0.05, 0) is 31.9 Å². The number of hydrogen-bond acceptors (Lipinski definition) is 4.